The highest BCUT2D eigenvalue weighted by Crippen LogP contribution is 2.20. The molecule has 1 rings (SSSR count). The Hall–Kier alpha value is -0.580. The summed E-state index contributed by atoms with van der Waals surface area (Å²) in [6, 6.07) is 5.08. The number of benzene rings is 1. The molecule has 0 N–H and O–H groups in total. The van der Waals surface area contributed by atoms with Crippen molar-refractivity contribution in [2.45, 2.75) is 31.0 Å². The van der Waals surface area contributed by atoms with Crippen LogP contribution < -0.4 is 0 Å². The van der Waals surface area contributed by atoms with Gasteiger partial charge in [0, 0.05) is 19.5 Å². The van der Waals surface area contributed by atoms with Gasteiger partial charge in [-0.05, 0) is 36.6 Å². The Balaban J connectivity index is 3.15. The zero-order valence-corrected chi connectivity index (χ0v) is 12.0. The van der Waals surface area contributed by atoms with E-state index in [1.165, 1.54) is 4.31 Å². The second kappa shape index (κ2) is 5.85. The van der Waals surface area contributed by atoms with E-state index in [1.807, 2.05) is 13.8 Å². The molecule has 0 aromatic heterocycles. The monoisotopic (exact) mass is 275 g/mol. The van der Waals surface area contributed by atoms with Crippen molar-refractivity contribution in [1.82, 2.24) is 4.31 Å². The highest BCUT2D eigenvalue weighted by Gasteiger charge is 2.20. The lowest BCUT2D eigenvalue weighted by Crippen LogP contribution is -2.27. The number of halogens is 1. The predicted octanol–water partition coefficient (Wildman–Crippen LogP) is 2.76. The number of hydrogen-bond acceptors (Lipinski definition) is 2. The minimum absolute atomic E-state index is 0.315. The van der Waals surface area contributed by atoms with Crippen molar-refractivity contribution in [2.24, 2.45) is 0 Å². The summed E-state index contributed by atoms with van der Waals surface area (Å²) in [4.78, 5) is 0.315. The van der Waals surface area contributed by atoms with Gasteiger partial charge in [0.1, 0.15) is 0 Å². The number of sulfonamides is 1. The van der Waals surface area contributed by atoms with E-state index >= 15 is 0 Å². The molecule has 0 bridgehead atoms. The third-order valence-corrected chi connectivity index (χ3v) is 4.85. The van der Waals surface area contributed by atoms with Crippen molar-refractivity contribution in [2.75, 3.05) is 13.6 Å². The molecule has 0 amide bonds. The molecule has 0 aliphatic heterocycles. The Morgan fingerprint density at radius 2 is 2.00 bits per heavy atom. The fraction of sp³-hybridized carbons (Fsp3) is 0.500. The molecule has 0 aliphatic carbocycles. The molecule has 0 spiro atoms. The van der Waals surface area contributed by atoms with Crippen molar-refractivity contribution in [3.8, 4) is 0 Å². The normalized spacial score (nSPS) is 12.1. The minimum atomic E-state index is -3.38. The lowest BCUT2D eigenvalue weighted by molar-refractivity contribution is 0.468. The first kappa shape index (κ1) is 14.5. The van der Waals surface area contributed by atoms with Crippen molar-refractivity contribution in [3.05, 3.63) is 29.3 Å². The fourth-order valence-corrected chi connectivity index (χ4v) is 3.17. The third kappa shape index (κ3) is 3.21. The molecule has 0 heterocycles. The average molecular weight is 276 g/mol. The van der Waals surface area contributed by atoms with Gasteiger partial charge in [0.25, 0.3) is 0 Å². The molecule has 0 radical (unpaired) electrons. The minimum Gasteiger partial charge on any atom is -0.207 e. The van der Waals surface area contributed by atoms with Crippen LogP contribution in [0.3, 0.4) is 0 Å². The molecule has 1 aromatic carbocycles. The van der Waals surface area contributed by atoms with Crippen LogP contribution >= 0.6 is 11.6 Å². The van der Waals surface area contributed by atoms with E-state index in [2.05, 4.69) is 0 Å². The number of alkyl halides is 1. The van der Waals surface area contributed by atoms with Crippen LogP contribution in [0, 0.1) is 6.92 Å². The maximum absolute atomic E-state index is 12.2. The molecule has 0 saturated heterocycles. The number of rotatable bonds is 5. The second-order valence-electron chi connectivity index (χ2n) is 4.05. The van der Waals surface area contributed by atoms with Crippen molar-refractivity contribution < 1.29 is 8.42 Å². The van der Waals surface area contributed by atoms with Crippen LogP contribution in [0.5, 0.6) is 0 Å². The lowest BCUT2D eigenvalue weighted by atomic mass is 10.1. The van der Waals surface area contributed by atoms with Crippen molar-refractivity contribution >= 4 is 21.6 Å². The van der Waals surface area contributed by atoms with Gasteiger partial charge in [-0.3, -0.25) is 0 Å². The fourth-order valence-electron chi connectivity index (χ4n) is 1.57. The largest absolute Gasteiger partial charge is 0.242 e. The van der Waals surface area contributed by atoms with E-state index in [0.29, 0.717) is 17.3 Å². The van der Waals surface area contributed by atoms with E-state index in [1.54, 1.807) is 25.2 Å². The standard InChI is InChI=1S/C12H18ClNO2S/c1-4-7-14(3)17(15,16)12-6-5-10(2)11(8-12)9-13/h5-6,8H,4,7,9H2,1-3H3. The molecule has 5 heteroatoms. The molecular formula is C12H18ClNO2S. The van der Waals surface area contributed by atoms with Crippen molar-refractivity contribution in [1.29, 1.82) is 0 Å². The summed E-state index contributed by atoms with van der Waals surface area (Å²) in [5.41, 5.74) is 1.87. The highest BCUT2D eigenvalue weighted by atomic mass is 35.5. The predicted molar refractivity (Wildman–Crippen MR) is 70.8 cm³/mol. The molecule has 1 aromatic rings. The van der Waals surface area contributed by atoms with Crippen LogP contribution in [0.25, 0.3) is 0 Å². The maximum Gasteiger partial charge on any atom is 0.242 e. The SMILES string of the molecule is CCCN(C)S(=O)(=O)c1ccc(C)c(CCl)c1. The first-order valence-electron chi connectivity index (χ1n) is 5.55. The molecule has 96 valence electrons. The van der Waals surface area contributed by atoms with E-state index < -0.39 is 10.0 Å². The first-order chi connectivity index (χ1) is 7.93. The molecule has 3 nitrogen and oxygen atoms in total. The van der Waals surface area contributed by atoms with Gasteiger partial charge in [-0.1, -0.05) is 13.0 Å². The summed E-state index contributed by atoms with van der Waals surface area (Å²) in [5.74, 6) is 0.326. The zero-order chi connectivity index (χ0) is 13.1. The van der Waals surface area contributed by atoms with E-state index in [9.17, 15) is 8.42 Å². The lowest BCUT2D eigenvalue weighted by Gasteiger charge is -2.17. The Morgan fingerprint density at radius 1 is 1.35 bits per heavy atom. The molecule has 0 saturated carbocycles. The van der Waals surface area contributed by atoms with E-state index in [0.717, 1.165) is 17.5 Å². The van der Waals surface area contributed by atoms with Gasteiger partial charge >= 0.3 is 0 Å². The molecule has 0 aliphatic rings. The Morgan fingerprint density at radius 3 is 2.53 bits per heavy atom. The van der Waals surface area contributed by atoms with Crippen LogP contribution in [0.4, 0.5) is 0 Å². The maximum atomic E-state index is 12.2. The van der Waals surface area contributed by atoms with Crippen molar-refractivity contribution in [3.63, 3.8) is 0 Å². The Labute approximate surface area is 108 Å². The molecular weight excluding hydrogens is 258 g/mol. The summed E-state index contributed by atoms with van der Waals surface area (Å²) in [6.07, 6.45) is 0.796. The van der Waals surface area contributed by atoms with Gasteiger partial charge < -0.3 is 0 Å². The number of nitrogens with zero attached hydrogens (tertiary/aromatic N) is 1. The molecule has 17 heavy (non-hydrogen) atoms. The van der Waals surface area contributed by atoms with Crippen LogP contribution in [0.1, 0.15) is 24.5 Å². The molecule has 0 fully saturated rings. The Kier molecular flexibility index (Phi) is 4.98. The number of hydrogen-bond donors (Lipinski definition) is 0. The van der Waals surface area contributed by atoms with Gasteiger partial charge in [0.05, 0.1) is 4.90 Å². The smallest absolute Gasteiger partial charge is 0.207 e. The summed E-state index contributed by atoms with van der Waals surface area (Å²) < 4.78 is 25.7. The van der Waals surface area contributed by atoms with Gasteiger partial charge in [0.15, 0.2) is 0 Å². The topological polar surface area (TPSA) is 37.4 Å². The van der Waals surface area contributed by atoms with E-state index in [-0.39, 0.29) is 0 Å². The van der Waals surface area contributed by atoms with Gasteiger partial charge in [-0.15, -0.1) is 11.6 Å². The Bertz CT molecular complexity index is 485. The van der Waals surface area contributed by atoms with E-state index in [4.69, 9.17) is 11.6 Å². The number of aryl methyl sites for hydroxylation is 1. The summed E-state index contributed by atoms with van der Waals surface area (Å²) in [6.45, 7) is 4.39. The van der Waals surface area contributed by atoms with Crippen LogP contribution in [0.15, 0.2) is 23.1 Å². The van der Waals surface area contributed by atoms with Crippen LogP contribution in [0.2, 0.25) is 0 Å². The van der Waals surface area contributed by atoms with Gasteiger partial charge in [-0.2, -0.15) is 0 Å². The summed E-state index contributed by atoms with van der Waals surface area (Å²) >= 11 is 5.79. The quantitative estimate of drug-likeness (QED) is 0.775. The molecule has 0 unspecified atom stereocenters. The third-order valence-electron chi connectivity index (χ3n) is 2.71. The first-order valence-corrected chi connectivity index (χ1v) is 7.52. The van der Waals surface area contributed by atoms with Crippen LogP contribution in [-0.2, 0) is 15.9 Å². The molecule has 0 atom stereocenters. The van der Waals surface area contributed by atoms with Gasteiger partial charge in [-0.25, -0.2) is 12.7 Å². The summed E-state index contributed by atoms with van der Waals surface area (Å²) in [7, 11) is -1.78. The second-order valence-corrected chi connectivity index (χ2v) is 6.36. The highest BCUT2D eigenvalue weighted by molar-refractivity contribution is 7.89. The van der Waals surface area contributed by atoms with Gasteiger partial charge in [0.2, 0.25) is 10.0 Å². The summed E-state index contributed by atoms with van der Waals surface area (Å²) in [5, 5.41) is 0. The zero-order valence-electron chi connectivity index (χ0n) is 10.4. The van der Waals surface area contributed by atoms with Crippen LogP contribution in [-0.4, -0.2) is 26.3 Å². The average Bonchev–Trinajstić information content (AvgIpc) is 2.29.